The van der Waals surface area contributed by atoms with E-state index in [0.29, 0.717) is 33.5 Å². The van der Waals surface area contributed by atoms with Crippen LogP contribution in [0, 0.1) is 12.3 Å². The zero-order chi connectivity index (χ0) is 27.4. The molecule has 0 bridgehead atoms. The van der Waals surface area contributed by atoms with Gasteiger partial charge in [-0.2, -0.15) is 0 Å². The van der Waals surface area contributed by atoms with Gasteiger partial charge in [0.15, 0.2) is 5.82 Å². The van der Waals surface area contributed by atoms with Crippen LogP contribution >= 0.6 is 11.6 Å². The van der Waals surface area contributed by atoms with Crippen molar-refractivity contribution in [2.24, 2.45) is 0 Å². The van der Waals surface area contributed by atoms with E-state index < -0.39 is 5.83 Å². The van der Waals surface area contributed by atoms with Crippen molar-refractivity contribution in [3.8, 4) is 11.4 Å². The molecule has 38 heavy (non-hydrogen) atoms. The van der Waals surface area contributed by atoms with Crippen LogP contribution in [0.3, 0.4) is 0 Å². The van der Waals surface area contributed by atoms with Crippen LogP contribution in [0.15, 0.2) is 78.9 Å². The lowest BCUT2D eigenvalue weighted by molar-refractivity contribution is 0.412. The lowest BCUT2D eigenvalue weighted by Crippen LogP contribution is -2.18. The number of rotatable bonds is 10. The fourth-order valence-electron chi connectivity index (χ4n) is 4.13. The summed E-state index contributed by atoms with van der Waals surface area (Å²) >= 11 is 6.45. The maximum atomic E-state index is 14.1. The minimum absolute atomic E-state index is 0.256. The van der Waals surface area contributed by atoms with Crippen molar-refractivity contribution < 1.29 is 9.13 Å². The van der Waals surface area contributed by atoms with Gasteiger partial charge in [0.05, 0.1) is 29.2 Å². The molecule has 1 aromatic heterocycles. The number of benzene rings is 2. The normalized spacial score (nSPS) is 12.9. The van der Waals surface area contributed by atoms with Crippen LogP contribution in [0.5, 0.6) is 5.75 Å². The SMILES string of the molecule is C=C/C=C(/NC(=C1CCC1)c1ccc(-n2cc(C)c(Nc3ccc(N)c(C=N)c3Cl)n2)cc1OC)C(=C)F. The smallest absolute Gasteiger partial charge is 0.155 e. The Labute approximate surface area is 226 Å². The number of nitrogens with zero attached hydrogens (tertiary/aromatic N) is 2. The van der Waals surface area contributed by atoms with E-state index in [-0.39, 0.29) is 5.70 Å². The van der Waals surface area contributed by atoms with Crippen molar-refractivity contribution in [1.82, 2.24) is 15.1 Å². The molecule has 0 saturated heterocycles. The van der Waals surface area contributed by atoms with Gasteiger partial charge in [0, 0.05) is 46.6 Å². The molecule has 1 aliphatic carbocycles. The number of halogens is 2. The Balaban J connectivity index is 1.68. The molecule has 0 aliphatic heterocycles. The average molecular weight is 533 g/mol. The summed E-state index contributed by atoms with van der Waals surface area (Å²) in [6.07, 6.45) is 9.03. The zero-order valence-electron chi connectivity index (χ0n) is 21.4. The second-order valence-electron chi connectivity index (χ2n) is 8.87. The molecule has 0 atom stereocenters. The summed E-state index contributed by atoms with van der Waals surface area (Å²) in [6, 6.07) is 9.20. The topological polar surface area (TPSA) is 101 Å². The molecule has 4 rings (SSSR count). The molecule has 2 aromatic carbocycles. The van der Waals surface area contributed by atoms with Crippen LogP contribution in [-0.2, 0) is 0 Å². The predicted octanol–water partition coefficient (Wildman–Crippen LogP) is 7.20. The summed E-state index contributed by atoms with van der Waals surface area (Å²) in [4.78, 5) is 0. The van der Waals surface area contributed by atoms with Crippen molar-refractivity contribution >= 4 is 40.7 Å². The molecule has 7 nitrogen and oxygen atoms in total. The zero-order valence-corrected chi connectivity index (χ0v) is 22.1. The number of anilines is 3. The van der Waals surface area contributed by atoms with Crippen LogP contribution in [0.1, 0.15) is 36.0 Å². The number of methoxy groups -OCH3 is 1. The van der Waals surface area contributed by atoms with Gasteiger partial charge in [-0.3, -0.25) is 0 Å². The van der Waals surface area contributed by atoms with Gasteiger partial charge in [-0.05, 0) is 62.1 Å². The van der Waals surface area contributed by atoms with E-state index in [4.69, 9.17) is 32.6 Å². The number of ether oxygens (including phenoxy) is 1. The summed E-state index contributed by atoms with van der Waals surface area (Å²) in [6.45, 7) is 9.04. The lowest BCUT2D eigenvalue weighted by atomic mass is 9.88. The molecule has 3 aromatic rings. The van der Waals surface area contributed by atoms with Gasteiger partial charge < -0.3 is 26.5 Å². The van der Waals surface area contributed by atoms with Gasteiger partial charge in [0.1, 0.15) is 11.6 Å². The lowest BCUT2D eigenvalue weighted by Gasteiger charge is -2.25. The standard InChI is InChI=1S/C29H30ClFN6O/c1-5-7-24(18(3)31)34-28(19-8-6-9-19)21-11-10-20(14-26(21)38-4)37-16-17(2)29(36-37)35-25-13-12-23(33)22(15-32)27(25)30/h5,7,10-16,32,34H,1,3,6,8-9,33H2,2,4H3,(H,35,36)/b24-7+,32-15?. The van der Waals surface area contributed by atoms with E-state index in [1.807, 2.05) is 31.3 Å². The summed E-state index contributed by atoms with van der Waals surface area (Å²) in [5.74, 6) is 0.654. The minimum atomic E-state index is -0.570. The molecule has 0 radical (unpaired) electrons. The fraction of sp³-hybridized carbons (Fsp3) is 0.172. The number of hydrogen-bond donors (Lipinski definition) is 4. The number of aromatic nitrogens is 2. The third kappa shape index (κ3) is 5.35. The first kappa shape index (κ1) is 26.8. The average Bonchev–Trinajstić information content (AvgIpc) is 3.23. The molecule has 0 amide bonds. The summed E-state index contributed by atoms with van der Waals surface area (Å²) in [7, 11) is 1.60. The first-order chi connectivity index (χ1) is 18.3. The number of aryl methyl sites for hydroxylation is 1. The highest BCUT2D eigenvalue weighted by Gasteiger charge is 2.21. The quantitative estimate of drug-likeness (QED) is 0.126. The molecule has 0 spiro atoms. The van der Waals surface area contributed by atoms with Crippen LogP contribution in [0.4, 0.5) is 21.6 Å². The third-order valence-corrected chi connectivity index (χ3v) is 6.78. The largest absolute Gasteiger partial charge is 0.496 e. The van der Waals surface area contributed by atoms with Crippen LogP contribution < -0.4 is 21.1 Å². The highest BCUT2D eigenvalue weighted by atomic mass is 35.5. The number of nitrogens with one attached hydrogen (secondary N) is 3. The van der Waals surface area contributed by atoms with E-state index >= 15 is 0 Å². The molecule has 196 valence electrons. The third-order valence-electron chi connectivity index (χ3n) is 6.37. The van der Waals surface area contributed by atoms with Gasteiger partial charge in [-0.15, -0.1) is 5.10 Å². The molecule has 0 unspecified atom stereocenters. The van der Waals surface area contributed by atoms with Gasteiger partial charge >= 0.3 is 0 Å². The Bertz CT molecular complexity index is 1480. The van der Waals surface area contributed by atoms with Crippen molar-refractivity contribution in [1.29, 1.82) is 5.41 Å². The second-order valence-corrected chi connectivity index (χ2v) is 9.25. The molecule has 9 heteroatoms. The van der Waals surface area contributed by atoms with E-state index in [2.05, 4.69) is 23.8 Å². The minimum Gasteiger partial charge on any atom is -0.496 e. The van der Waals surface area contributed by atoms with Gasteiger partial charge in [-0.1, -0.05) is 30.8 Å². The molecule has 1 fully saturated rings. The Morgan fingerprint density at radius 3 is 2.66 bits per heavy atom. The summed E-state index contributed by atoms with van der Waals surface area (Å²) in [5, 5.41) is 19.1. The highest BCUT2D eigenvalue weighted by molar-refractivity contribution is 6.36. The van der Waals surface area contributed by atoms with E-state index in [9.17, 15) is 4.39 Å². The van der Waals surface area contributed by atoms with Crippen molar-refractivity contribution in [3.63, 3.8) is 0 Å². The van der Waals surface area contributed by atoms with Crippen LogP contribution in [0.2, 0.25) is 5.02 Å². The maximum Gasteiger partial charge on any atom is 0.155 e. The summed E-state index contributed by atoms with van der Waals surface area (Å²) in [5.41, 5.74) is 12.1. The Kier molecular flexibility index (Phi) is 8.02. The van der Waals surface area contributed by atoms with Gasteiger partial charge in [0.25, 0.3) is 0 Å². The van der Waals surface area contributed by atoms with Gasteiger partial charge in [0.2, 0.25) is 0 Å². The molecular formula is C29H30ClFN6O. The molecule has 5 N–H and O–H groups in total. The number of hydrogen-bond acceptors (Lipinski definition) is 6. The first-order valence-corrected chi connectivity index (χ1v) is 12.4. The Hall–Kier alpha value is -4.30. The number of nitrogen functional groups attached to an aromatic ring is 1. The van der Waals surface area contributed by atoms with Crippen LogP contribution in [-0.4, -0.2) is 23.1 Å². The number of nitrogens with two attached hydrogens (primary N) is 1. The predicted molar refractivity (Wildman–Crippen MR) is 154 cm³/mol. The monoisotopic (exact) mass is 532 g/mol. The molecular weight excluding hydrogens is 503 g/mol. The van der Waals surface area contributed by atoms with Gasteiger partial charge in [-0.25, -0.2) is 9.07 Å². The van der Waals surface area contributed by atoms with Crippen molar-refractivity contribution in [2.75, 3.05) is 18.2 Å². The summed E-state index contributed by atoms with van der Waals surface area (Å²) < 4.78 is 21.6. The second kappa shape index (κ2) is 11.4. The molecule has 1 aliphatic rings. The molecule has 1 heterocycles. The first-order valence-electron chi connectivity index (χ1n) is 12.0. The van der Waals surface area contributed by atoms with Crippen molar-refractivity contribution in [2.45, 2.75) is 26.2 Å². The molecule has 1 saturated carbocycles. The van der Waals surface area contributed by atoms with Crippen LogP contribution in [0.25, 0.3) is 11.4 Å². The Morgan fingerprint density at radius 2 is 2.05 bits per heavy atom. The fourth-order valence-corrected chi connectivity index (χ4v) is 4.40. The number of allylic oxidation sites excluding steroid dienone is 4. The van der Waals surface area contributed by atoms with Crippen molar-refractivity contribution in [3.05, 3.63) is 101 Å². The highest BCUT2D eigenvalue weighted by Crippen LogP contribution is 2.38. The van der Waals surface area contributed by atoms with E-state index in [0.717, 1.165) is 48.0 Å². The van der Waals surface area contributed by atoms with E-state index in [1.165, 1.54) is 11.6 Å². The van der Waals surface area contributed by atoms with E-state index in [1.54, 1.807) is 30.0 Å². The maximum absolute atomic E-state index is 14.1. The Morgan fingerprint density at radius 1 is 1.29 bits per heavy atom.